The summed E-state index contributed by atoms with van der Waals surface area (Å²) in [6, 6.07) is 19.6. The van der Waals surface area contributed by atoms with Gasteiger partial charge in [-0.2, -0.15) is 0 Å². The molecule has 0 unspecified atom stereocenters. The van der Waals surface area contributed by atoms with Gasteiger partial charge in [0.2, 0.25) is 0 Å². The maximum Gasteiger partial charge on any atom is 0.255 e. The van der Waals surface area contributed by atoms with Crippen molar-refractivity contribution in [2.24, 2.45) is 0 Å². The van der Waals surface area contributed by atoms with E-state index in [9.17, 15) is 9.59 Å². The lowest BCUT2D eigenvalue weighted by molar-refractivity contribution is 0.101. The average Bonchev–Trinajstić information content (AvgIpc) is 2.82. The van der Waals surface area contributed by atoms with Crippen molar-refractivity contribution in [3.63, 3.8) is 0 Å². The van der Waals surface area contributed by atoms with Gasteiger partial charge in [-0.3, -0.25) is 9.59 Å². The van der Waals surface area contributed by atoms with Crippen molar-refractivity contribution in [3.05, 3.63) is 94.0 Å². The summed E-state index contributed by atoms with van der Waals surface area (Å²) in [5, 5.41) is 6.12. The van der Waals surface area contributed by atoms with Gasteiger partial charge in [0.1, 0.15) is 0 Å². The van der Waals surface area contributed by atoms with Crippen LogP contribution in [0, 0.1) is 0 Å². The lowest BCUT2D eigenvalue weighted by Gasteiger charge is -2.26. The number of nitrogens with one attached hydrogen (secondary N) is 2. The Hall–Kier alpha value is -3.40. The number of hydrogen-bond acceptors (Lipinski definition) is 2. The van der Waals surface area contributed by atoms with Gasteiger partial charge < -0.3 is 10.6 Å². The highest BCUT2D eigenvalue weighted by Gasteiger charge is 2.24. The van der Waals surface area contributed by atoms with E-state index in [1.54, 1.807) is 0 Å². The maximum atomic E-state index is 13.6. The second-order valence-corrected chi connectivity index (χ2v) is 15.1. The van der Waals surface area contributed by atoms with Gasteiger partial charge in [-0.15, -0.1) is 0 Å². The zero-order valence-electron chi connectivity index (χ0n) is 26.6. The third-order valence-electron chi connectivity index (χ3n) is 7.28. The number of carbonyl (C=O) groups is 2. The molecule has 3 aromatic rings. The Balaban J connectivity index is 1.96. The normalized spacial score (nSPS) is 12.7. The first-order valence-corrected chi connectivity index (χ1v) is 14.2. The van der Waals surface area contributed by atoms with Crippen LogP contribution in [0.5, 0.6) is 0 Å². The van der Waals surface area contributed by atoms with Gasteiger partial charge in [-0.05, 0) is 80.3 Å². The minimum Gasteiger partial charge on any atom is -0.320 e. The van der Waals surface area contributed by atoms with Crippen molar-refractivity contribution in [1.82, 2.24) is 0 Å². The predicted molar refractivity (Wildman–Crippen MR) is 170 cm³/mol. The van der Waals surface area contributed by atoms with Crippen molar-refractivity contribution < 1.29 is 9.59 Å². The zero-order chi connectivity index (χ0) is 30.3. The molecule has 0 saturated carbocycles. The molecule has 4 nitrogen and oxygen atoms in total. The van der Waals surface area contributed by atoms with E-state index >= 15 is 0 Å². The molecule has 0 fully saturated rings. The van der Waals surface area contributed by atoms with E-state index in [0.717, 1.165) is 22.3 Å². The number of amides is 2. The third-order valence-corrected chi connectivity index (χ3v) is 7.28. The summed E-state index contributed by atoms with van der Waals surface area (Å²) >= 11 is 0. The average molecular weight is 541 g/mol. The second-order valence-electron chi connectivity index (χ2n) is 15.1. The third kappa shape index (κ3) is 7.62. The SMILES string of the molecule is CC(C)(C)c1cc(C(=O)Nc2ccccc2NC(=O)c2cc(C(C)(C)C)cc(C(C)(C)C)c2)cc(C(C)(C)C)c1. The number of para-hydroxylation sites is 2. The molecule has 4 heteroatoms. The van der Waals surface area contributed by atoms with Crippen molar-refractivity contribution in [3.8, 4) is 0 Å². The Morgan fingerprint density at radius 3 is 0.925 bits per heavy atom. The first-order valence-electron chi connectivity index (χ1n) is 14.2. The lowest BCUT2D eigenvalue weighted by Crippen LogP contribution is -2.21. The molecule has 2 N–H and O–H groups in total. The molecule has 0 radical (unpaired) electrons. The van der Waals surface area contributed by atoms with Crippen molar-refractivity contribution in [2.75, 3.05) is 10.6 Å². The van der Waals surface area contributed by atoms with E-state index in [1.807, 2.05) is 48.5 Å². The van der Waals surface area contributed by atoms with E-state index in [2.05, 4.69) is 106 Å². The van der Waals surface area contributed by atoms with Crippen LogP contribution in [0.1, 0.15) is 126 Å². The fourth-order valence-electron chi connectivity index (χ4n) is 4.34. The number of carbonyl (C=O) groups excluding carboxylic acids is 2. The highest BCUT2D eigenvalue weighted by molar-refractivity contribution is 6.10. The van der Waals surface area contributed by atoms with E-state index in [-0.39, 0.29) is 33.5 Å². The van der Waals surface area contributed by atoms with Crippen LogP contribution in [0.15, 0.2) is 60.7 Å². The van der Waals surface area contributed by atoms with Crippen LogP contribution in [-0.4, -0.2) is 11.8 Å². The monoisotopic (exact) mass is 540 g/mol. The summed E-state index contributed by atoms with van der Waals surface area (Å²) in [5.74, 6) is -0.411. The second kappa shape index (κ2) is 10.9. The van der Waals surface area contributed by atoms with Crippen LogP contribution in [-0.2, 0) is 21.7 Å². The molecule has 0 aliphatic heterocycles. The van der Waals surface area contributed by atoms with Gasteiger partial charge in [0.05, 0.1) is 11.4 Å². The van der Waals surface area contributed by atoms with Crippen LogP contribution < -0.4 is 10.6 Å². The predicted octanol–water partition coefficient (Wildman–Crippen LogP) is 9.38. The quantitative estimate of drug-likeness (QED) is 0.346. The molecule has 2 amide bonds. The highest BCUT2D eigenvalue weighted by atomic mass is 16.2. The molecule has 0 aliphatic carbocycles. The van der Waals surface area contributed by atoms with Crippen LogP contribution in [0.2, 0.25) is 0 Å². The van der Waals surface area contributed by atoms with Crippen LogP contribution in [0.3, 0.4) is 0 Å². The number of benzene rings is 3. The molecule has 0 saturated heterocycles. The summed E-state index contributed by atoms with van der Waals surface area (Å²) in [6.45, 7) is 25.8. The molecule has 0 atom stereocenters. The van der Waals surface area contributed by atoms with Gasteiger partial charge >= 0.3 is 0 Å². The minimum atomic E-state index is -0.206. The summed E-state index contributed by atoms with van der Waals surface area (Å²) in [7, 11) is 0. The van der Waals surface area contributed by atoms with Crippen molar-refractivity contribution in [1.29, 1.82) is 0 Å². The first-order chi connectivity index (χ1) is 18.2. The molecule has 0 aliphatic rings. The Kier molecular flexibility index (Phi) is 8.46. The molecular weight excluding hydrogens is 492 g/mol. The van der Waals surface area contributed by atoms with Crippen molar-refractivity contribution >= 4 is 23.2 Å². The molecule has 3 rings (SSSR count). The van der Waals surface area contributed by atoms with Crippen LogP contribution >= 0.6 is 0 Å². The summed E-state index contributed by atoms with van der Waals surface area (Å²) in [6.07, 6.45) is 0. The maximum absolute atomic E-state index is 13.6. The van der Waals surface area contributed by atoms with E-state index in [4.69, 9.17) is 0 Å². The van der Waals surface area contributed by atoms with Gasteiger partial charge in [-0.1, -0.05) is 107 Å². The fourth-order valence-corrected chi connectivity index (χ4v) is 4.34. The zero-order valence-corrected chi connectivity index (χ0v) is 26.6. The lowest BCUT2D eigenvalue weighted by atomic mass is 9.79. The van der Waals surface area contributed by atoms with Gasteiger partial charge in [-0.25, -0.2) is 0 Å². The summed E-state index contributed by atoms with van der Waals surface area (Å²) in [4.78, 5) is 27.1. The van der Waals surface area contributed by atoms with Crippen molar-refractivity contribution in [2.45, 2.75) is 105 Å². The number of rotatable bonds is 4. The Morgan fingerprint density at radius 2 is 0.700 bits per heavy atom. The van der Waals surface area contributed by atoms with E-state index in [1.165, 1.54) is 0 Å². The molecule has 3 aromatic carbocycles. The summed E-state index contributed by atoms with van der Waals surface area (Å²) in [5.41, 5.74) is 6.36. The first kappa shape index (κ1) is 31.1. The smallest absolute Gasteiger partial charge is 0.255 e. The Labute approximate surface area is 242 Å². The molecular formula is C36H48N2O2. The molecule has 214 valence electrons. The van der Waals surface area contributed by atoms with Crippen LogP contribution in [0.4, 0.5) is 11.4 Å². The Morgan fingerprint density at radius 1 is 0.450 bits per heavy atom. The largest absolute Gasteiger partial charge is 0.320 e. The van der Waals surface area contributed by atoms with E-state index < -0.39 is 0 Å². The van der Waals surface area contributed by atoms with Crippen LogP contribution in [0.25, 0.3) is 0 Å². The van der Waals surface area contributed by atoms with Gasteiger partial charge in [0, 0.05) is 11.1 Å². The van der Waals surface area contributed by atoms with Gasteiger partial charge in [0.25, 0.3) is 11.8 Å². The summed E-state index contributed by atoms with van der Waals surface area (Å²) < 4.78 is 0. The fraction of sp³-hybridized carbons (Fsp3) is 0.444. The van der Waals surface area contributed by atoms with E-state index in [0.29, 0.717) is 22.5 Å². The molecule has 0 spiro atoms. The number of hydrogen-bond donors (Lipinski definition) is 2. The van der Waals surface area contributed by atoms with Gasteiger partial charge in [0.15, 0.2) is 0 Å². The molecule has 0 heterocycles. The molecule has 0 bridgehead atoms. The molecule has 40 heavy (non-hydrogen) atoms. The standard InChI is InChI=1S/C36H48N2O2/c1-33(2,3)25-17-23(18-26(21-25)34(4,5)6)31(39)37-29-15-13-14-16-30(29)38-32(40)24-19-27(35(7,8)9)22-28(20-24)36(10,11)12/h13-22H,1-12H3,(H,37,39)(H,38,40). The minimum absolute atomic E-state index is 0.102. The highest BCUT2D eigenvalue weighted by Crippen LogP contribution is 2.33. The topological polar surface area (TPSA) is 58.2 Å². The number of anilines is 2. The molecule has 0 aromatic heterocycles. The Bertz CT molecular complexity index is 1230.